The van der Waals surface area contributed by atoms with E-state index in [0.717, 1.165) is 43.1 Å². The molecule has 1 aromatic carbocycles. The summed E-state index contributed by atoms with van der Waals surface area (Å²) in [6, 6.07) is 7.70. The van der Waals surface area contributed by atoms with Gasteiger partial charge in [0.15, 0.2) is 0 Å². The van der Waals surface area contributed by atoms with Crippen LogP contribution < -0.4 is 0 Å². The van der Waals surface area contributed by atoms with E-state index in [1.807, 2.05) is 23.0 Å². The van der Waals surface area contributed by atoms with Crippen molar-refractivity contribution in [1.82, 2.24) is 9.78 Å². The van der Waals surface area contributed by atoms with Crippen LogP contribution in [0.4, 0.5) is 0 Å². The lowest BCUT2D eigenvalue weighted by Crippen LogP contribution is -2.25. The molecule has 1 heterocycles. The van der Waals surface area contributed by atoms with Gasteiger partial charge in [0.2, 0.25) is 0 Å². The molecule has 0 spiro atoms. The van der Waals surface area contributed by atoms with Crippen molar-refractivity contribution in [3.05, 3.63) is 30.0 Å². The number of methoxy groups -OCH3 is 1. The third kappa shape index (κ3) is 2.96. The summed E-state index contributed by atoms with van der Waals surface area (Å²) in [6.07, 6.45) is 5.86. The number of carbonyl (C=O) groups excluding carboxylic acids is 1. The molecule has 0 radical (unpaired) electrons. The Morgan fingerprint density at radius 3 is 2.86 bits per heavy atom. The zero-order valence-electron chi connectivity index (χ0n) is 12.7. The van der Waals surface area contributed by atoms with E-state index in [1.54, 1.807) is 6.07 Å². The van der Waals surface area contributed by atoms with E-state index >= 15 is 0 Å². The van der Waals surface area contributed by atoms with Crippen molar-refractivity contribution in [2.75, 3.05) is 7.11 Å². The molecular formula is C17H19N3O2. The molecule has 1 aromatic heterocycles. The number of hydrogen-bond donors (Lipinski definition) is 0. The fraction of sp³-hybridized carbons (Fsp3) is 0.471. The van der Waals surface area contributed by atoms with Crippen molar-refractivity contribution in [3.63, 3.8) is 0 Å². The summed E-state index contributed by atoms with van der Waals surface area (Å²) in [6.45, 7) is 0.866. The van der Waals surface area contributed by atoms with E-state index in [-0.39, 0.29) is 11.9 Å². The summed E-state index contributed by atoms with van der Waals surface area (Å²) >= 11 is 0. The predicted octanol–water partition coefficient (Wildman–Crippen LogP) is 2.89. The molecule has 0 amide bonds. The third-order valence-electron chi connectivity index (χ3n) is 4.51. The van der Waals surface area contributed by atoms with E-state index in [9.17, 15) is 4.79 Å². The minimum Gasteiger partial charge on any atom is -0.469 e. The van der Waals surface area contributed by atoms with Crippen molar-refractivity contribution >= 4 is 16.9 Å². The molecule has 0 aliphatic heterocycles. The summed E-state index contributed by atoms with van der Waals surface area (Å²) in [5.74, 6) is 0.536. The van der Waals surface area contributed by atoms with Gasteiger partial charge in [-0.25, -0.2) is 0 Å². The smallest absolute Gasteiger partial charge is 0.308 e. The lowest BCUT2D eigenvalue weighted by molar-refractivity contribution is -0.146. The Bertz CT molecular complexity index is 721. The molecule has 0 unspecified atom stereocenters. The minimum atomic E-state index is -0.0766. The van der Waals surface area contributed by atoms with Gasteiger partial charge in [0.25, 0.3) is 0 Å². The molecule has 0 N–H and O–H groups in total. The van der Waals surface area contributed by atoms with Crippen LogP contribution in [0, 0.1) is 23.2 Å². The molecule has 1 fully saturated rings. The molecule has 0 saturated heterocycles. The highest BCUT2D eigenvalue weighted by Crippen LogP contribution is 2.30. The molecule has 0 atom stereocenters. The Morgan fingerprint density at radius 2 is 2.18 bits per heavy atom. The van der Waals surface area contributed by atoms with E-state index < -0.39 is 0 Å². The zero-order valence-corrected chi connectivity index (χ0v) is 12.7. The van der Waals surface area contributed by atoms with Gasteiger partial charge in [0.05, 0.1) is 30.2 Å². The second kappa shape index (κ2) is 6.18. The van der Waals surface area contributed by atoms with E-state index in [4.69, 9.17) is 10.00 Å². The molecule has 114 valence electrons. The molecule has 1 saturated carbocycles. The monoisotopic (exact) mass is 297 g/mol. The normalized spacial score (nSPS) is 21.5. The number of hydrogen-bond acceptors (Lipinski definition) is 4. The first-order valence-electron chi connectivity index (χ1n) is 7.64. The second-order valence-electron chi connectivity index (χ2n) is 5.98. The highest BCUT2D eigenvalue weighted by Gasteiger charge is 2.27. The average molecular weight is 297 g/mol. The predicted molar refractivity (Wildman–Crippen MR) is 81.9 cm³/mol. The van der Waals surface area contributed by atoms with Crippen LogP contribution in [0.3, 0.4) is 0 Å². The summed E-state index contributed by atoms with van der Waals surface area (Å²) in [5, 5.41) is 14.5. The van der Waals surface area contributed by atoms with Gasteiger partial charge in [-0.05, 0) is 49.8 Å². The van der Waals surface area contributed by atoms with Gasteiger partial charge in [0, 0.05) is 18.1 Å². The van der Waals surface area contributed by atoms with Gasteiger partial charge in [-0.2, -0.15) is 10.4 Å². The number of nitriles is 1. The van der Waals surface area contributed by atoms with Crippen LogP contribution in [-0.2, 0) is 16.1 Å². The topological polar surface area (TPSA) is 67.9 Å². The molecule has 0 bridgehead atoms. The maximum absolute atomic E-state index is 11.5. The maximum Gasteiger partial charge on any atom is 0.308 e. The van der Waals surface area contributed by atoms with Gasteiger partial charge in [0.1, 0.15) is 0 Å². The molecular weight excluding hydrogens is 278 g/mol. The Hall–Kier alpha value is -2.35. The standard InChI is InChI=1S/C17H19N3O2/c1-22-17(21)14-5-2-12(3-6-14)10-20-11-15-8-13(9-18)4-7-16(15)19-20/h4,7-8,11-12,14H,2-3,5-6,10H2,1H3. The summed E-state index contributed by atoms with van der Waals surface area (Å²) in [5.41, 5.74) is 1.58. The summed E-state index contributed by atoms with van der Waals surface area (Å²) < 4.78 is 6.79. The summed E-state index contributed by atoms with van der Waals surface area (Å²) in [4.78, 5) is 11.5. The molecule has 1 aliphatic rings. The van der Waals surface area contributed by atoms with Gasteiger partial charge >= 0.3 is 5.97 Å². The Labute approximate surface area is 129 Å². The van der Waals surface area contributed by atoms with Gasteiger partial charge < -0.3 is 4.74 Å². The number of aromatic nitrogens is 2. The van der Waals surface area contributed by atoms with Crippen LogP contribution in [-0.4, -0.2) is 22.9 Å². The van der Waals surface area contributed by atoms with Crippen molar-refractivity contribution < 1.29 is 9.53 Å². The maximum atomic E-state index is 11.5. The number of ether oxygens (including phenoxy) is 1. The number of fused-ring (bicyclic) bond motifs is 1. The van der Waals surface area contributed by atoms with Gasteiger partial charge in [-0.3, -0.25) is 9.48 Å². The van der Waals surface area contributed by atoms with Crippen LogP contribution in [0.5, 0.6) is 0 Å². The van der Waals surface area contributed by atoms with Crippen molar-refractivity contribution in [1.29, 1.82) is 5.26 Å². The van der Waals surface area contributed by atoms with E-state index in [1.165, 1.54) is 7.11 Å². The second-order valence-corrected chi connectivity index (χ2v) is 5.98. The Balaban J connectivity index is 1.65. The average Bonchev–Trinajstić information content (AvgIpc) is 2.95. The number of nitrogens with zero attached hydrogens (tertiary/aromatic N) is 3. The first-order chi connectivity index (χ1) is 10.7. The number of carbonyl (C=O) groups is 1. The number of esters is 1. The molecule has 5 heteroatoms. The fourth-order valence-corrected chi connectivity index (χ4v) is 3.25. The van der Waals surface area contributed by atoms with Crippen molar-refractivity contribution in [2.24, 2.45) is 11.8 Å². The van der Waals surface area contributed by atoms with E-state index in [2.05, 4.69) is 11.2 Å². The highest BCUT2D eigenvalue weighted by atomic mass is 16.5. The molecule has 2 aromatic rings. The van der Waals surface area contributed by atoms with Gasteiger partial charge in [-0.1, -0.05) is 0 Å². The van der Waals surface area contributed by atoms with Crippen LogP contribution in [0.1, 0.15) is 31.2 Å². The van der Waals surface area contributed by atoms with Crippen LogP contribution in [0.15, 0.2) is 24.4 Å². The molecule has 1 aliphatic carbocycles. The molecule has 22 heavy (non-hydrogen) atoms. The lowest BCUT2D eigenvalue weighted by atomic mass is 9.82. The lowest BCUT2D eigenvalue weighted by Gasteiger charge is -2.26. The minimum absolute atomic E-state index is 0.0659. The zero-order chi connectivity index (χ0) is 15.5. The van der Waals surface area contributed by atoms with Crippen LogP contribution >= 0.6 is 0 Å². The van der Waals surface area contributed by atoms with E-state index in [0.29, 0.717) is 11.5 Å². The number of benzene rings is 1. The van der Waals surface area contributed by atoms with Crippen LogP contribution in [0.25, 0.3) is 10.9 Å². The van der Waals surface area contributed by atoms with Crippen molar-refractivity contribution in [3.8, 4) is 6.07 Å². The first-order valence-corrected chi connectivity index (χ1v) is 7.64. The summed E-state index contributed by atoms with van der Waals surface area (Å²) in [7, 11) is 1.46. The number of rotatable bonds is 3. The molecule has 5 nitrogen and oxygen atoms in total. The first kappa shape index (κ1) is 14.6. The SMILES string of the molecule is COC(=O)C1CCC(Cn2cc3cc(C#N)ccc3n2)CC1. The largest absolute Gasteiger partial charge is 0.469 e. The van der Waals surface area contributed by atoms with Gasteiger partial charge in [-0.15, -0.1) is 0 Å². The molecule has 3 rings (SSSR count). The van der Waals surface area contributed by atoms with Crippen LogP contribution in [0.2, 0.25) is 0 Å². The Kier molecular flexibility index (Phi) is 4.10. The highest BCUT2D eigenvalue weighted by molar-refractivity contribution is 5.79. The quantitative estimate of drug-likeness (QED) is 0.817. The third-order valence-corrected chi connectivity index (χ3v) is 4.51. The van der Waals surface area contributed by atoms with Crippen molar-refractivity contribution in [2.45, 2.75) is 32.2 Å². The Morgan fingerprint density at radius 1 is 1.41 bits per heavy atom. The fourth-order valence-electron chi connectivity index (χ4n) is 3.25.